The number of nitrogens with zero attached hydrogens (tertiary/aromatic N) is 1. The Morgan fingerprint density at radius 3 is 2.03 bits per heavy atom. The first-order valence-electron chi connectivity index (χ1n) is 11.2. The van der Waals surface area contributed by atoms with E-state index in [-0.39, 0.29) is 5.92 Å². The van der Waals surface area contributed by atoms with Crippen LogP contribution in [0.25, 0.3) is 0 Å². The average Bonchev–Trinajstić information content (AvgIpc) is 2.72. The van der Waals surface area contributed by atoms with Crippen LogP contribution in [0.4, 0.5) is 8.78 Å². The number of rotatable bonds is 6. The summed E-state index contributed by atoms with van der Waals surface area (Å²) >= 11 is 5.99. The third-order valence-electron chi connectivity index (χ3n) is 4.43. The summed E-state index contributed by atoms with van der Waals surface area (Å²) in [6, 6.07) is 23.4. The molecule has 6 heteroatoms. The predicted octanol–water partition coefficient (Wildman–Crippen LogP) is 7.49. The van der Waals surface area contributed by atoms with Crippen LogP contribution >= 0.6 is 11.6 Å². The second-order valence-electron chi connectivity index (χ2n) is 8.65. The lowest BCUT2D eigenvalue weighted by molar-refractivity contribution is 0.0437. The first kappa shape index (κ1) is 29.1. The number of hydrogen-bond donors (Lipinski definition) is 2. The van der Waals surface area contributed by atoms with Crippen molar-refractivity contribution in [3.63, 3.8) is 0 Å². The molecule has 184 valence electrons. The van der Waals surface area contributed by atoms with Gasteiger partial charge in [-0.3, -0.25) is 4.98 Å². The Balaban J connectivity index is 0.000000401. The third kappa shape index (κ3) is 12.9. The number of nitrogens with one attached hydrogen (secondary N) is 1. The van der Waals surface area contributed by atoms with Crippen molar-refractivity contribution < 1.29 is 8.78 Å². The van der Waals surface area contributed by atoms with Gasteiger partial charge in [-0.1, -0.05) is 72.8 Å². The molecule has 2 aromatic carbocycles. The van der Waals surface area contributed by atoms with Crippen molar-refractivity contribution in [3.8, 4) is 0 Å². The summed E-state index contributed by atoms with van der Waals surface area (Å²) < 4.78 is 22.0. The minimum Gasteiger partial charge on any atom is -0.386 e. The standard InChI is InChI=1S/C20H18ClN.C5H12N2.C3H6F2/c1-15-7-5-6-10-18(15)19(13-16-8-3-2-4-9-16)20-12-11-17(21)14-22-20;1-4(2)7-5(3)6;1-3(2,4)5/h2-12,14,19H,13H2,1H3;4,7H,3,6H2,1-2H3;1-2H3/t19-;;/m1../s1. The highest BCUT2D eigenvalue weighted by Gasteiger charge is 2.18. The smallest absolute Gasteiger partial charge is 0.242 e. The van der Waals surface area contributed by atoms with Crippen molar-refractivity contribution in [1.82, 2.24) is 10.3 Å². The zero-order valence-electron chi connectivity index (χ0n) is 20.7. The maximum Gasteiger partial charge on any atom is 0.242 e. The van der Waals surface area contributed by atoms with Crippen LogP contribution in [-0.4, -0.2) is 16.9 Å². The first-order valence-corrected chi connectivity index (χ1v) is 11.5. The predicted molar refractivity (Wildman–Crippen MR) is 140 cm³/mol. The summed E-state index contributed by atoms with van der Waals surface area (Å²) in [6.45, 7) is 11.4. The molecule has 34 heavy (non-hydrogen) atoms. The van der Waals surface area contributed by atoms with Crippen LogP contribution in [0.15, 0.2) is 85.3 Å². The maximum absolute atomic E-state index is 11.0. The normalized spacial score (nSPS) is 11.4. The molecule has 3 N–H and O–H groups in total. The lowest BCUT2D eigenvalue weighted by Crippen LogP contribution is -2.25. The van der Waals surface area contributed by atoms with E-state index in [9.17, 15) is 8.78 Å². The molecular weight excluding hydrogens is 452 g/mol. The minimum atomic E-state index is -2.50. The maximum atomic E-state index is 11.0. The zero-order chi connectivity index (χ0) is 25.7. The summed E-state index contributed by atoms with van der Waals surface area (Å²) in [4.78, 5) is 4.56. The van der Waals surface area contributed by atoms with Crippen molar-refractivity contribution in [1.29, 1.82) is 0 Å². The van der Waals surface area contributed by atoms with Crippen molar-refractivity contribution in [2.24, 2.45) is 5.73 Å². The fraction of sp³-hybridized carbons (Fsp3) is 0.321. The van der Waals surface area contributed by atoms with Crippen LogP contribution in [-0.2, 0) is 6.42 Å². The molecule has 0 radical (unpaired) electrons. The molecule has 0 aliphatic carbocycles. The Bertz CT molecular complexity index is 979. The van der Waals surface area contributed by atoms with E-state index in [1.807, 2.05) is 32.0 Å². The molecule has 3 nitrogen and oxygen atoms in total. The molecule has 0 spiro atoms. The van der Waals surface area contributed by atoms with E-state index < -0.39 is 5.92 Å². The number of alkyl halides is 2. The molecule has 0 saturated heterocycles. The third-order valence-corrected chi connectivity index (χ3v) is 4.65. The largest absolute Gasteiger partial charge is 0.386 e. The monoisotopic (exact) mass is 487 g/mol. The summed E-state index contributed by atoms with van der Waals surface area (Å²) in [7, 11) is 0. The molecular formula is C28H36ClF2N3. The molecule has 0 aliphatic heterocycles. The van der Waals surface area contributed by atoms with Crippen LogP contribution in [0.2, 0.25) is 5.02 Å². The van der Waals surface area contributed by atoms with E-state index in [0.29, 0.717) is 16.9 Å². The van der Waals surface area contributed by atoms with Gasteiger partial charge in [0.25, 0.3) is 0 Å². The number of nitrogens with two attached hydrogens (primary N) is 1. The van der Waals surface area contributed by atoms with Gasteiger partial charge in [0.05, 0.1) is 10.8 Å². The quantitative estimate of drug-likeness (QED) is 0.378. The topological polar surface area (TPSA) is 50.9 Å². The molecule has 0 bridgehead atoms. The van der Waals surface area contributed by atoms with Gasteiger partial charge < -0.3 is 11.1 Å². The molecule has 1 atom stereocenters. The van der Waals surface area contributed by atoms with Gasteiger partial charge in [-0.25, -0.2) is 8.78 Å². The van der Waals surface area contributed by atoms with Crippen LogP contribution in [0.5, 0.6) is 0 Å². The second-order valence-corrected chi connectivity index (χ2v) is 9.09. The summed E-state index contributed by atoms with van der Waals surface area (Å²) in [5.74, 6) is -1.73. The Morgan fingerprint density at radius 2 is 1.59 bits per heavy atom. The van der Waals surface area contributed by atoms with Crippen molar-refractivity contribution in [3.05, 3.63) is 113 Å². The van der Waals surface area contributed by atoms with E-state index in [0.717, 1.165) is 26.0 Å². The molecule has 1 aromatic heterocycles. The van der Waals surface area contributed by atoms with Crippen molar-refractivity contribution in [2.75, 3.05) is 0 Å². The Morgan fingerprint density at radius 1 is 1.03 bits per heavy atom. The molecule has 0 aliphatic rings. The van der Waals surface area contributed by atoms with Crippen LogP contribution in [0, 0.1) is 6.92 Å². The molecule has 3 aromatic rings. The summed E-state index contributed by atoms with van der Waals surface area (Å²) in [6.07, 6.45) is 2.66. The summed E-state index contributed by atoms with van der Waals surface area (Å²) in [5, 5.41) is 3.56. The number of hydrogen-bond acceptors (Lipinski definition) is 3. The number of aryl methyl sites for hydroxylation is 1. The Labute approximate surface area is 208 Å². The van der Waals surface area contributed by atoms with Gasteiger partial charge in [-0.15, -0.1) is 0 Å². The van der Waals surface area contributed by atoms with Crippen LogP contribution in [0.1, 0.15) is 56.0 Å². The van der Waals surface area contributed by atoms with Gasteiger partial charge in [-0.05, 0) is 69.9 Å². The lowest BCUT2D eigenvalue weighted by Gasteiger charge is -2.19. The Hall–Kier alpha value is -2.92. The fourth-order valence-electron chi connectivity index (χ4n) is 3.17. The highest BCUT2D eigenvalue weighted by molar-refractivity contribution is 6.30. The van der Waals surface area contributed by atoms with Gasteiger partial charge in [0.2, 0.25) is 5.92 Å². The van der Waals surface area contributed by atoms with E-state index >= 15 is 0 Å². The zero-order valence-corrected chi connectivity index (χ0v) is 21.4. The lowest BCUT2D eigenvalue weighted by atomic mass is 9.86. The molecule has 0 saturated carbocycles. The number of aromatic nitrogens is 1. The molecule has 0 unspecified atom stereocenters. The van der Waals surface area contributed by atoms with Crippen LogP contribution < -0.4 is 11.1 Å². The van der Waals surface area contributed by atoms with E-state index in [2.05, 4.69) is 72.3 Å². The molecule has 0 fully saturated rings. The van der Waals surface area contributed by atoms with Crippen molar-refractivity contribution in [2.45, 2.75) is 58.9 Å². The fourth-order valence-corrected chi connectivity index (χ4v) is 3.28. The molecule has 3 rings (SSSR count). The number of halogens is 3. The average molecular weight is 488 g/mol. The van der Waals surface area contributed by atoms with E-state index in [1.54, 1.807) is 6.20 Å². The van der Waals surface area contributed by atoms with Gasteiger partial charge in [0.1, 0.15) is 0 Å². The van der Waals surface area contributed by atoms with Gasteiger partial charge in [0.15, 0.2) is 0 Å². The van der Waals surface area contributed by atoms with Gasteiger partial charge in [0, 0.05) is 23.9 Å². The SMILES string of the molecule is C=C(N)NC(C)C.CC(C)(F)F.Cc1ccccc1[C@@H](Cc1ccccc1)c1ccc(Cl)cn1. The number of benzene rings is 2. The van der Waals surface area contributed by atoms with E-state index in [1.165, 1.54) is 16.7 Å². The highest BCUT2D eigenvalue weighted by Crippen LogP contribution is 2.30. The van der Waals surface area contributed by atoms with E-state index in [4.69, 9.17) is 17.3 Å². The van der Waals surface area contributed by atoms with Gasteiger partial charge in [-0.2, -0.15) is 0 Å². The summed E-state index contributed by atoms with van der Waals surface area (Å²) in [5.41, 5.74) is 10.2. The molecule has 1 heterocycles. The van der Waals surface area contributed by atoms with Crippen molar-refractivity contribution >= 4 is 11.6 Å². The first-order chi connectivity index (χ1) is 15.9. The number of pyridine rings is 1. The second kappa shape index (κ2) is 14.4. The minimum absolute atomic E-state index is 0.237. The molecule has 0 amide bonds. The highest BCUT2D eigenvalue weighted by atomic mass is 35.5. The van der Waals surface area contributed by atoms with Gasteiger partial charge >= 0.3 is 0 Å². The van der Waals surface area contributed by atoms with Crippen LogP contribution in [0.3, 0.4) is 0 Å². The Kier molecular flexibility index (Phi) is 12.3.